The number of anilines is 1. The Labute approximate surface area is 129 Å². The largest absolute Gasteiger partial charge is 0.496 e. The third-order valence-corrected chi connectivity index (χ3v) is 3.61. The molecular formula is C16H16ClN3O. The molecule has 1 aromatic carbocycles. The van der Waals surface area contributed by atoms with Crippen molar-refractivity contribution in [2.75, 3.05) is 12.4 Å². The highest BCUT2D eigenvalue weighted by Crippen LogP contribution is 2.26. The summed E-state index contributed by atoms with van der Waals surface area (Å²) in [6, 6.07) is 7.22. The lowest BCUT2D eigenvalue weighted by Crippen LogP contribution is -2.06. The first-order chi connectivity index (χ1) is 10.1. The molecule has 0 atom stereocenters. The monoisotopic (exact) mass is 301 g/mol. The summed E-state index contributed by atoms with van der Waals surface area (Å²) in [5, 5.41) is 12.6. The number of hydrogen-bond acceptors (Lipinski definition) is 4. The highest BCUT2D eigenvalue weighted by molar-refractivity contribution is 6.33. The average Bonchev–Trinajstić information content (AvgIpc) is 2.48. The van der Waals surface area contributed by atoms with Gasteiger partial charge in [-0.3, -0.25) is 4.98 Å². The van der Waals surface area contributed by atoms with E-state index >= 15 is 0 Å². The summed E-state index contributed by atoms with van der Waals surface area (Å²) in [6.45, 7) is 4.48. The highest BCUT2D eigenvalue weighted by atomic mass is 35.5. The van der Waals surface area contributed by atoms with E-state index in [1.165, 1.54) is 0 Å². The van der Waals surface area contributed by atoms with Gasteiger partial charge in [-0.1, -0.05) is 11.6 Å². The molecule has 0 aliphatic heterocycles. The molecule has 2 aromatic rings. The maximum atomic E-state index is 8.83. The fraction of sp³-hybridized carbons (Fsp3) is 0.250. The number of hydrogen-bond donors (Lipinski definition) is 1. The van der Waals surface area contributed by atoms with Crippen molar-refractivity contribution in [1.82, 2.24) is 4.98 Å². The van der Waals surface area contributed by atoms with Crippen molar-refractivity contribution >= 4 is 17.3 Å². The second kappa shape index (κ2) is 6.47. The van der Waals surface area contributed by atoms with Gasteiger partial charge in [0.1, 0.15) is 5.75 Å². The van der Waals surface area contributed by atoms with Crippen molar-refractivity contribution in [2.45, 2.75) is 20.4 Å². The van der Waals surface area contributed by atoms with E-state index < -0.39 is 0 Å². The van der Waals surface area contributed by atoms with Crippen molar-refractivity contribution in [3.05, 3.63) is 51.8 Å². The second-order valence-electron chi connectivity index (χ2n) is 4.71. The lowest BCUT2D eigenvalue weighted by molar-refractivity contribution is 0.407. The minimum Gasteiger partial charge on any atom is -0.496 e. The van der Waals surface area contributed by atoms with Gasteiger partial charge in [-0.25, -0.2) is 0 Å². The second-order valence-corrected chi connectivity index (χ2v) is 5.11. The van der Waals surface area contributed by atoms with Crippen LogP contribution >= 0.6 is 11.6 Å². The van der Waals surface area contributed by atoms with Crippen LogP contribution in [0.25, 0.3) is 0 Å². The average molecular weight is 302 g/mol. The van der Waals surface area contributed by atoms with Crippen LogP contribution in [0.2, 0.25) is 5.02 Å². The maximum absolute atomic E-state index is 8.83. The summed E-state index contributed by atoms with van der Waals surface area (Å²) in [5.41, 5.74) is 4.23. The van der Waals surface area contributed by atoms with Gasteiger partial charge in [-0.15, -0.1) is 0 Å². The molecule has 0 bridgehead atoms. The maximum Gasteiger partial charge on any atom is 0.128 e. The molecule has 0 saturated carbocycles. The number of aromatic nitrogens is 1. The molecule has 0 fully saturated rings. The SMILES string of the molecule is COc1c(C)cnc(CNc2ccc(C#N)cc2Cl)c1C. The normalized spacial score (nSPS) is 10.0. The Bertz CT molecular complexity index is 707. The zero-order chi connectivity index (χ0) is 15.4. The van der Waals surface area contributed by atoms with Crippen LogP contribution in [-0.4, -0.2) is 12.1 Å². The third kappa shape index (κ3) is 3.26. The Morgan fingerprint density at radius 2 is 2.14 bits per heavy atom. The number of nitriles is 1. The van der Waals surface area contributed by atoms with Crippen molar-refractivity contribution in [2.24, 2.45) is 0 Å². The third-order valence-electron chi connectivity index (χ3n) is 3.29. The van der Waals surface area contributed by atoms with Gasteiger partial charge < -0.3 is 10.1 Å². The molecule has 108 valence electrons. The number of benzene rings is 1. The molecule has 0 amide bonds. The molecular weight excluding hydrogens is 286 g/mol. The molecule has 21 heavy (non-hydrogen) atoms. The van der Waals surface area contributed by atoms with E-state index in [0.717, 1.165) is 28.3 Å². The van der Waals surface area contributed by atoms with Gasteiger partial charge in [0.25, 0.3) is 0 Å². The Hall–Kier alpha value is -2.25. The van der Waals surface area contributed by atoms with Crippen LogP contribution in [0.4, 0.5) is 5.69 Å². The zero-order valence-electron chi connectivity index (χ0n) is 12.2. The number of aryl methyl sites for hydroxylation is 1. The standard InChI is InChI=1S/C16H16ClN3O/c1-10-8-19-15(11(2)16(10)21-3)9-20-14-5-4-12(7-18)6-13(14)17/h4-6,8,20H,9H2,1-3H3. The number of ether oxygens (including phenoxy) is 1. The fourth-order valence-electron chi connectivity index (χ4n) is 2.16. The van der Waals surface area contributed by atoms with Gasteiger partial charge in [0, 0.05) is 17.3 Å². The first-order valence-electron chi connectivity index (χ1n) is 6.49. The number of methoxy groups -OCH3 is 1. The molecule has 5 heteroatoms. The number of halogens is 1. The molecule has 0 unspecified atom stereocenters. The summed E-state index contributed by atoms with van der Waals surface area (Å²) in [5.74, 6) is 0.854. The first-order valence-corrected chi connectivity index (χ1v) is 6.87. The number of nitrogens with zero attached hydrogens (tertiary/aromatic N) is 2. The molecule has 1 N–H and O–H groups in total. The van der Waals surface area contributed by atoms with Gasteiger partial charge >= 0.3 is 0 Å². The molecule has 1 aromatic heterocycles. The van der Waals surface area contributed by atoms with Gasteiger partial charge in [0.15, 0.2) is 0 Å². The van der Waals surface area contributed by atoms with Crippen molar-refractivity contribution in [1.29, 1.82) is 5.26 Å². The fourth-order valence-corrected chi connectivity index (χ4v) is 2.40. The predicted molar refractivity (Wildman–Crippen MR) is 83.8 cm³/mol. The van der Waals surface area contributed by atoms with E-state index in [1.807, 2.05) is 13.8 Å². The lowest BCUT2D eigenvalue weighted by Gasteiger charge is -2.14. The molecule has 1 heterocycles. The van der Waals surface area contributed by atoms with E-state index in [1.54, 1.807) is 31.5 Å². The summed E-state index contributed by atoms with van der Waals surface area (Å²) in [7, 11) is 1.66. The van der Waals surface area contributed by atoms with Gasteiger partial charge in [-0.05, 0) is 32.0 Å². The van der Waals surface area contributed by atoms with Gasteiger partial charge in [0.2, 0.25) is 0 Å². The van der Waals surface area contributed by atoms with Crippen LogP contribution in [0.5, 0.6) is 5.75 Å². The lowest BCUT2D eigenvalue weighted by atomic mass is 10.1. The Morgan fingerprint density at radius 3 is 2.76 bits per heavy atom. The van der Waals surface area contributed by atoms with Gasteiger partial charge in [-0.2, -0.15) is 5.26 Å². The molecule has 0 saturated heterocycles. The summed E-state index contributed by atoms with van der Waals surface area (Å²) in [4.78, 5) is 4.43. The summed E-state index contributed by atoms with van der Waals surface area (Å²) >= 11 is 6.14. The van der Waals surface area contributed by atoms with Crippen LogP contribution in [-0.2, 0) is 6.54 Å². The van der Waals surface area contributed by atoms with E-state index in [4.69, 9.17) is 21.6 Å². The Kier molecular flexibility index (Phi) is 4.66. The van der Waals surface area contributed by atoms with Crippen molar-refractivity contribution < 1.29 is 4.74 Å². The van der Waals surface area contributed by atoms with Gasteiger partial charge in [0.05, 0.1) is 41.7 Å². The zero-order valence-corrected chi connectivity index (χ0v) is 13.0. The van der Waals surface area contributed by atoms with Crippen LogP contribution in [0.15, 0.2) is 24.4 Å². The number of rotatable bonds is 4. The molecule has 4 nitrogen and oxygen atoms in total. The molecule has 0 aliphatic carbocycles. The van der Waals surface area contributed by atoms with Crippen LogP contribution < -0.4 is 10.1 Å². The molecule has 0 radical (unpaired) electrons. The number of pyridine rings is 1. The van der Waals surface area contributed by atoms with Crippen molar-refractivity contribution in [3.8, 4) is 11.8 Å². The van der Waals surface area contributed by atoms with E-state index in [-0.39, 0.29) is 0 Å². The molecule has 0 aliphatic rings. The Morgan fingerprint density at radius 1 is 1.38 bits per heavy atom. The minimum absolute atomic E-state index is 0.519. The Balaban J connectivity index is 2.19. The quantitative estimate of drug-likeness (QED) is 0.932. The molecule has 2 rings (SSSR count). The van der Waals surface area contributed by atoms with Crippen LogP contribution in [0.1, 0.15) is 22.4 Å². The molecule has 0 spiro atoms. The summed E-state index contributed by atoms with van der Waals surface area (Å²) < 4.78 is 5.39. The first kappa shape index (κ1) is 15.1. The van der Waals surface area contributed by atoms with E-state index in [0.29, 0.717) is 17.1 Å². The van der Waals surface area contributed by atoms with E-state index in [2.05, 4.69) is 16.4 Å². The predicted octanol–water partition coefficient (Wildman–Crippen LogP) is 3.84. The smallest absolute Gasteiger partial charge is 0.128 e. The minimum atomic E-state index is 0.519. The van der Waals surface area contributed by atoms with Crippen LogP contribution in [0.3, 0.4) is 0 Å². The number of nitrogens with one attached hydrogen (secondary N) is 1. The van der Waals surface area contributed by atoms with Crippen molar-refractivity contribution in [3.63, 3.8) is 0 Å². The highest BCUT2D eigenvalue weighted by Gasteiger charge is 2.10. The van der Waals surface area contributed by atoms with E-state index in [9.17, 15) is 0 Å². The topological polar surface area (TPSA) is 57.9 Å². The van der Waals surface area contributed by atoms with Crippen LogP contribution in [0, 0.1) is 25.2 Å². The summed E-state index contributed by atoms with van der Waals surface area (Å²) in [6.07, 6.45) is 1.79.